The van der Waals surface area contributed by atoms with Gasteiger partial charge < -0.3 is 5.32 Å². The van der Waals surface area contributed by atoms with Gasteiger partial charge in [0.15, 0.2) is 0 Å². The summed E-state index contributed by atoms with van der Waals surface area (Å²) in [5.74, 6) is 1.13. The Morgan fingerprint density at radius 2 is 1.91 bits per heavy atom. The van der Waals surface area contributed by atoms with E-state index in [9.17, 15) is 0 Å². The molecule has 1 saturated carbocycles. The molecular formula is C9H18ClN. The first kappa shape index (κ1) is 9.34. The lowest BCUT2D eigenvalue weighted by Crippen LogP contribution is -2.20. The van der Waals surface area contributed by atoms with Crippen molar-refractivity contribution in [1.82, 2.24) is 5.32 Å². The molecule has 0 amide bonds. The summed E-state index contributed by atoms with van der Waals surface area (Å²) in [5.41, 5.74) is 0. The molecule has 1 heterocycles. The third-order valence-electron chi connectivity index (χ3n) is 2.78. The Balaban J connectivity index is 0.000000605. The average Bonchev–Trinajstić information content (AvgIpc) is 2.63. The molecule has 0 aromatic heterocycles. The molecule has 1 N–H and O–H groups in total. The molecule has 1 aliphatic carbocycles. The van der Waals surface area contributed by atoms with Gasteiger partial charge in [-0.15, -0.1) is 12.4 Å². The van der Waals surface area contributed by atoms with Crippen molar-refractivity contribution in [3.8, 4) is 0 Å². The van der Waals surface area contributed by atoms with E-state index >= 15 is 0 Å². The van der Waals surface area contributed by atoms with Crippen LogP contribution in [0.5, 0.6) is 0 Å². The van der Waals surface area contributed by atoms with Crippen LogP contribution >= 0.6 is 12.4 Å². The topological polar surface area (TPSA) is 12.0 Å². The second-order valence-electron chi connectivity index (χ2n) is 3.81. The van der Waals surface area contributed by atoms with Crippen LogP contribution in [0, 0.1) is 5.92 Å². The van der Waals surface area contributed by atoms with Crippen molar-refractivity contribution in [1.29, 1.82) is 0 Å². The van der Waals surface area contributed by atoms with Crippen molar-refractivity contribution in [3.05, 3.63) is 0 Å². The molecule has 2 rings (SSSR count). The maximum Gasteiger partial charge on any atom is 0.00676 e. The van der Waals surface area contributed by atoms with E-state index in [1.165, 1.54) is 45.1 Å². The molecule has 11 heavy (non-hydrogen) atoms. The van der Waals surface area contributed by atoms with E-state index < -0.39 is 0 Å². The van der Waals surface area contributed by atoms with Gasteiger partial charge in [-0.25, -0.2) is 0 Å². The standard InChI is InChI=1S/C9H17N.ClH/c1-2-9(10-7-1)6-5-8-3-4-8;/h8-10H,1-7H2;1H. The quantitative estimate of drug-likeness (QED) is 0.695. The Kier molecular flexibility index (Phi) is 3.67. The molecule has 2 aliphatic rings. The van der Waals surface area contributed by atoms with Crippen molar-refractivity contribution in [3.63, 3.8) is 0 Å². The predicted octanol–water partition coefficient (Wildman–Crippen LogP) is 2.35. The number of nitrogens with one attached hydrogen (secondary N) is 1. The van der Waals surface area contributed by atoms with Crippen molar-refractivity contribution in [2.24, 2.45) is 5.92 Å². The normalized spacial score (nSPS) is 30.0. The van der Waals surface area contributed by atoms with Crippen LogP contribution in [0.4, 0.5) is 0 Å². The predicted molar refractivity (Wildman–Crippen MR) is 50.2 cm³/mol. The minimum atomic E-state index is 0. The van der Waals surface area contributed by atoms with Crippen LogP contribution in [0.2, 0.25) is 0 Å². The Bertz CT molecular complexity index is 106. The van der Waals surface area contributed by atoms with Gasteiger partial charge in [-0.1, -0.05) is 12.8 Å². The van der Waals surface area contributed by atoms with E-state index in [1.807, 2.05) is 0 Å². The van der Waals surface area contributed by atoms with Crippen molar-refractivity contribution in [2.45, 2.75) is 44.6 Å². The van der Waals surface area contributed by atoms with Gasteiger partial charge in [-0.05, 0) is 38.1 Å². The van der Waals surface area contributed by atoms with Gasteiger partial charge in [0.05, 0.1) is 0 Å². The first-order valence-corrected chi connectivity index (χ1v) is 4.68. The van der Waals surface area contributed by atoms with Gasteiger partial charge in [0.1, 0.15) is 0 Å². The Hall–Kier alpha value is 0.250. The SMILES string of the molecule is C1CNC(CCC2CC2)C1.Cl. The summed E-state index contributed by atoms with van der Waals surface area (Å²) >= 11 is 0. The molecule has 0 bridgehead atoms. The van der Waals surface area contributed by atoms with E-state index in [0.29, 0.717) is 0 Å². The molecular weight excluding hydrogens is 158 g/mol. The first-order chi connectivity index (χ1) is 4.95. The molecule has 1 atom stereocenters. The highest BCUT2D eigenvalue weighted by Crippen LogP contribution is 2.34. The fourth-order valence-corrected chi connectivity index (χ4v) is 1.85. The zero-order valence-corrected chi connectivity index (χ0v) is 7.83. The third-order valence-corrected chi connectivity index (χ3v) is 2.78. The summed E-state index contributed by atoms with van der Waals surface area (Å²) in [6, 6.07) is 0.889. The Labute approximate surface area is 75.4 Å². The third kappa shape index (κ3) is 3.00. The van der Waals surface area contributed by atoms with E-state index in [4.69, 9.17) is 0 Å². The summed E-state index contributed by atoms with van der Waals surface area (Å²) in [6.45, 7) is 1.27. The lowest BCUT2D eigenvalue weighted by atomic mass is 10.1. The molecule has 1 nitrogen and oxygen atoms in total. The van der Waals surface area contributed by atoms with E-state index in [1.54, 1.807) is 0 Å². The fourth-order valence-electron chi connectivity index (χ4n) is 1.85. The molecule has 2 fully saturated rings. The van der Waals surface area contributed by atoms with Crippen LogP contribution < -0.4 is 5.32 Å². The lowest BCUT2D eigenvalue weighted by molar-refractivity contribution is 0.514. The first-order valence-electron chi connectivity index (χ1n) is 4.68. The summed E-state index contributed by atoms with van der Waals surface area (Å²) in [5, 5.41) is 3.54. The van der Waals surface area contributed by atoms with Gasteiger partial charge in [0.2, 0.25) is 0 Å². The van der Waals surface area contributed by atoms with Crippen molar-refractivity contribution >= 4 is 12.4 Å². The van der Waals surface area contributed by atoms with Crippen LogP contribution in [0.3, 0.4) is 0 Å². The van der Waals surface area contributed by atoms with Gasteiger partial charge in [0.25, 0.3) is 0 Å². The second-order valence-corrected chi connectivity index (χ2v) is 3.81. The molecule has 0 aromatic rings. The maximum atomic E-state index is 3.54. The number of halogens is 1. The summed E-state index contributed by atoms with van der Waals surface area (Å²) < 4.78 is 0. The van der Waals surface area contributed by atoms with Crippen LogP contribution in [-0.4, -0.2) is 12.6 Å². The minimum Gasteiger partial charge on any atom is -0.314 e. The lowest BCUT2D eigenvalue weighted by Gasteiger charge is -2.07. The van der Waals surface area contributed by atoms with Crippen molar-refractivity contribution in [2.75, 3.05) is 6.54 Å². The smallest absolute Gasteiger partial charge is 0.00676 e. The molecule has 66 valence electrons. The highest BCUT2D eigenvalue weighted by atomic mass is 35.5. The van der Waals surface area contributed by atoms with E-state index in [-0.39, 0.29) is 12.4 Å². The van der Waals surface area contributed by atoms with Gasteiger partial charge in [-0.2, -0.15) is 0 Å². The largest absolute Gasteiger partial charge is 0.314 e. The molecule has 2 heteroatoms. The van der Waals surface area contributed by atoms with Crippen molar-refractivity contribution < 1.29 is 0 Å². The number of hydrogen-bond donors (Lipinski definition) is 1. The van der Waals surface area contributed by atoms with Gasteiger partial charge in [0, 0.05) is 6.04 Å². The maximum absolute atomic E-state index is 3.54. The Morgan fingerprint density at radius 3 is 2.45 bits per heavy atom. The molecule has 0 aromatic carbocycles. The summed E-state index contributed by atoms with van der Waals surface area (Å²) in [4.78, 5) is 0. The highest BCUT2D eigenvalue weighted by molar-refractivity contribution is 5.85. The second kappa shape index (κ2) is 4.32. The van der Waals surface area contributed by atoms with E-state index in [0.717, 1.165) is 12.0 Å². The summed E-state index contributed by atoms with van der Waals surface area (Å²) in [6.07, 6.45) is 8.84. The molecule has 0 radical (unpaired) electrons. The van der Waals surface area contributed by atoms with Gasteiger partial charge >= 0.3 is 0 Å². The highest BCUT2D eigenvalue weighted by Gasteiger charge is 2.23. The molecule has 1 unspecified atom stereocenters. The number of rotatable bonds is 3. The van der Waals surface area contributed by atoms with Crippen LogP contribution in [-0.2, 0) is 0 Å². The fraction of sp³-hybridized carbons (Fsp3) is 1.00. The Morgan fingerprint density at radius 1 is 1.09 bits per heavy atom. The van der Waals surface area contributed by atoms with Gasteiger partial charge in [-0.3, -0.25) is 0 Å². The zero-order valence-electron chi connectivity index (χ0n) is 7.01. The zero-order chi connectivity index (χ0) is 6.81. The number of hydrogen-bond acceptors (Lipinski definition) is 1. The van der Waals surface area contributed by atoms with E-state index in [2.05, 4.69) is 5.32 Å². The average molecular weight is 176 g/mol. The monoisotopic (exact) mass is 175 g/mol. The molecule has 1 saturated heterocycles. The van der Waals surface area contributed by atoms with Crippen LogP contribution in [0.1, 0.15) is 38.5 Å². The van der Waals surface area contributed by atoms with Crippen LogP contribution in [0.15, 0.2) is 0 Å². The van der Waals surface area contributed by atoms with Crippen LogP contribution in [0.25, 0.3) is 0 Å². The summed E-state index contributed by atoms with van der Waals surface area (Å²) in [7, 11) is 0. The minimum absolute atomic E-state index is 0. The molecule has 0 spiro atoms. The molecule has 1 aliphatic heterocycles.